The maximum atomic E-state index is 12.8. The summed E-state index contributed by atoms with van der Waals surface area (Å²) in [5, 5.41) is 0. The molecule has 4 nitrogen and oxygen atoms in total. The molecular formula is C19H23N3O. The number of hydrogen-bond donors (Lipinski definition) is 0. The molecule has 2 aromatic rings. The SMILES string of the molecule is CCN1CCC(C(=O)CC2c3ccccc3-c3cncn32)CC1. The molecule has 4 heteroatoms. The molecule has 4 rings (SSSR count). The number of aromatic nitrogens is 2. The topological polar surface area (TPSA) is 38.1 Å². The van der Waals surface area contributed by atoms with Gasteiger partial charge in [0.1, 0.15) is 5.78 Å². The molecule has 1 saturated heterocycles. The first-order valence-corrected chi connectivity index (χ1v) is 8.64. The fourth-order valence-corrected chi connectivity index (χ4v) is 4.07. The Morgan fingerprint density at radius 1 is 1.26 bits per heavy atom. The number of nitrogens with zero attached hydrogens (tertiary/aromatic N) is 3. The van der Waals surface area contributed by atoms with Gasteiger partial charge < -0.3 is 9.47 Å². The van der Waals surface area contributed by atoms with E-state index in [1.807, 2.05) is 12.5 Å². The molecule has 0 spiro atoms. The van der Waals surface area contributed by atoms with Gasteiger partial charge in [0, 0.05) is 17.9 Å². The Labute approximate surface area is 137 Å². The molecule has 0 bridgehead atoms. The van der Waals surface area contributed by atoms with Crippen LogP contribution < -0.4 is 0 Å². The fraction of sp³-hybridized carbons (Fsp3) is 0.474. The molecule has 1 fully saturated rings. The minimum absolute atomic E-state index is 0.125. The van der Waals surface area contributed by atoms with Gasteiger partial charge in [0.15, 0.2) is 0 Å². The first kappa shape index (κ1) is 14.6. The number of imidazole rings is 1. The molecule has 23 heavy (non-hydrogen) atoms. The number of carbonyl (C=O) groups excluding carboxylic acids is 1. The van der Waals surface area contributed by atoms with E-state index in [-0.39, 0.29) is 12.0 Å². The highest BCUT2D eigenvalue weighted by molar-refractivity contribution is 5.83. The zero-order chi connectivity index (χ0) is 15.8. The van der Waals surface area contributed by atoms with Crippen molar-refractivity contribution in [1.82, 2.24) is 14.5 Å². The van der Waals surface area contributed by atoms with Crippen molar-refractivity contribution in [2.75, 3.05) is 19.6 Å². The highest BCUT2D eigenvalue weighted by atomic mass is 16.1. The van der Waals surface area contributed by atoms with Crippen LogP contribution in [-0.4, -0.2) is 39.9 Å². The first-order valence-electron chi connectivity index (χ1n) is 8.64. The van der Waals surface area contributed by atoms with Crippen LogP contribution in [0, 0.1) is 5.92 Å². The van der Waals surface area contributed by atoms with Gasteiger partial charge in [-0.1, -0.05) is 31.2 Å². The molecule has 0 N–H and O–H groups in total. The summed E-state index contributed by atoms with van der Waals surface area (Å²) in [4.78, 5) is 19.6. The predicted octanol–water partition coefficient (Wildman–Crippen LogP) is 3.14. The van der Waals surface area contributed by atoms with Gasteiger partial charge in [-0.05, 0) is 38.0 Å². The van der Waals surface area contributed by atoms with Crippen molar-refractivity contribution in [3.05, 3.63) is 42.4 Å². The third kappa shape index (κ3) is 2.51. The zero-order valence-corrected chi connectivity index (χ0v) is 13.6. The summed E-state index contributed by atoms with van der Waals surface area (Å²) in [5.41, 5.74) is 3.63. The number of rotatable bonds is 4. The van der Waals surface area contributed by atoms with Crippen LogP contribution in [-0.2, 0) is 4.79 Å². The van der Waals surface area contributed by atoms with E-state index in [1.165, 1.54) is 11.1 Å². The zero-order valence-electron chi connectivity index (χ0n) is 13.6. The molecule has 0 aliphatic carbocycles. The highest BCUT2D eigenvalue weighted by Gasteiger charge is 2.32. The summed E-state index contributed by atoms with van der Waals surface area (Å²) in [5.74, 6) is 0.652. The first-order chi connectivity index (χ1) is 11.3. The van der Waals surface area contributed by atoms with Crippen LogP contribution in [0.2, 0.25) is 0 Å². The van der Waals surface area contributed by atoms with Crippen LogP contribution in [0.5, 0.6) is 0 Å². The Balaban J connectivity index is 1.52. The van der Waals surface area contributed by atoms with E-state index in [0.29, 0.717) is 12.2 Å². The normalized spacial score (nSPS) is 21.2. The molecule has 2 aliphatic heterocycles. The van der Waals surface area contributed by atoms with E-state index in [9.17, 15) is 4.79 Å². The number of Topliss-reactive ketones (excluding diaryl/α,β-unsaturated/α-hetero) is 1. The molecule has 120 valence electrons. The lowest BCUT2D eigenvalue weighted by atomic mass is 9.88. The van der Waals surface area contributed by atoms with Gasteiger partial charge in [-0.3, -0.25) is 4.79 Å². The summed E-state index contributed by atoms with van der Waals surface area (Å²) in [6, 6.07) is 8.53. The van der Waals surface area contributed by atoms with Gasteiger partial charge in [0.2, 0.25) is 0 Å². The summed E-state index contributed by atoms with van der Waals surface area (Å²) in [6.45, 7) is 5.41. The van der Waals surface area contributed by atoms with Gasteiger partial charge in [-0.2, -0.15) is 0 Å². The molecule has 2 aliphatic rings. The average molecular weight is 309 g/mol. The van der Waals surface area contributed by atoms with Crippen LogP contribution in [0.3, 0.4) is 0 Å². The van der Waals surface area contributed by atoms with Crippen molar-refractivity contribution in [2.24, 2.45) is 5.92 Å². The number of likely N-dealkylation sites (tertiary alicyclic amines) is 1. The minimum Gasteiger partial charge on any atom is -0.323 e. The number of carbonyl (C=O) groups is 1. The molecule has 1 aromatic carbocycles. The Bertz CT molecular complexity index is 713. The van der Waals surface area contributed by atoms with Crippen molar-refractivity contribution in [3.8, 4) is 11.3 Å². The minimum atomic E-state index is 0.125. The lowest BCUT2D eigenvalue weighted by molar-refractivity contribution is -0.124. The van der Waals surface area contributed by atoms with E-state index in [2.05, 4.69) is 45.6 Å². The quantitative estimate of drug-likeness (QED) is 0.871. The molecular weight excluding hydrogens is 286 g/mol. The Kier molecular flexibility index (Phi) is 3.77. The highest BCUT2D eigenvalue weighted by Crippen LogP contribution is 2.41. The molecule has 1 atom stereocenters. The van der Waals surface area contributed by atoms with Crippen molar-refractivity contribution in [2.45, 2.75) is 32.2 Å². The predicted molar refractivity (Wildman–Crippen MR) is 90.3 cm³/mol. The van der Waals surface area contributed by atoms with Crippen molar-refractivity contribution in [3.63, 3.8) is 0 Å². The summed E-state index contributed by atoms with van der Waals surface area (Å²) >= 11 is 0. The lowest BCUT2D eigenvalue weighted by Gasteiger charge is -2.30. The van der Waals surface area contributed by atoms with Crippen molar-refractivity contribution < 1.29 is 4.79 Å². The van der Waals surface area contributed by atoms with Crippen LogP contribution in [0.4, 0.5) is 0 Å². The van der Waals surface area contributed by atoms with E-state index >= 15 is 0 Å². The molecule has 1 unspecified atom stereocenters. The number of benzene rings is 1. The summed E-state index contributed by atoms with van der Waals surface area (Å²) < 4.78 is 2.17. The van der Waals surface area contributed by atoms with E-state index in [1.54, 1.807) is 0 Å². The van der Waals surface area contributed by atoms with E-state index in [4.69, 9.17) is 0 Å². The van der Waals surface area contributed by atoms with Gasteiger partial charge in [0.25, 0.3) is 0 Å². The molecule has 1 aromatic heterocycles. The van der Waals surface area contributed by atoms with Crippen LogP contribution >= 0.6 is 0 Å². The Hall–Kier alpha value is -1.94. The Morgan fingerprint density at radius 2 is 2.04 bits per heavy atom. The number of piperidine rings is 1. The summed E-state index contributed by atoms with van der Waals surface area (Å²) in [6.07, 6.45) is 6.39. The molecule has 0 saturated carbocycles. The lowest BCUT2D eigenvalue weighted by Crippen LogP contribution is -2.36. The fourth-order valence-electron chi connectivity index (χ4n) is 4.07. The Morgan fingerprint density at radius 3 is 2.83 bits per heavy atom. The van der Waals surface area contributed by atoms with Crippen LogP contribution in [0.1, 0.15) is 37.8 Å². The second kappa shape index (κ2) is 5.93. The second-order valence-corrected chi connectivity index (χ2v) is 6.67. The standard InChI is InChI=1S/C19H23N3O/c1-2-21-9-7-14(8-10-21)19(23)11-17-15-5-3-4-6-16(15)18-12-20-13-22(17)18/h3-6,12-14,17H,2,7-11H2,1H3. The summed E-state index contributed by atoms with van der Waals surface area (Å²) in [7, 11) is 0. The maximum Gasteiger partial charge on any atom is 0.138 e. The average Bonchev–Trinajstić information content (AvgIpc) is 3.18. The van der Waals surface area contributed by atoms with Gasteiger partial charge in [-0.15, -0.1) is 0 Å². The maximum absolute atomic E-state index is 12.8. The molecule has 0 radical (unpaired) electrons. The van der Waals surface area contributed by atoms with Gasteiger partial charge in [-0.25, -0.2) is 4.98 Å². The monoisotopic (exact) mass is 309 g/mol. The smallest absolute Gasteiger partial charge is 0.138 e. The number of ketones is 1. The number of hydrogen-bond acceptors (Lipinski definition) is 3. The van der Waals surface area contributed by atoms with E-state index in [0.717, 1.165) is 38.2 Å². The van der Waals surface area contributed by atoms with Crippen LogP contribution in [0.15, 0.2) is 36.8 Å². The third-order valence-electron chi connectivity index (χ3n) is 5.48. The van der Waals surface area contributed by atoms with Crippen molar-refractivity contribution >= 4 is 5.78 Å². The third-order valence-corrected chi connectivity index (χ3v) is 5.48. The van der Waals surface area contributed by atoms with Gasteiger partial charge >= 0.3 is 0 Å². The molecule has 0 amide bonds. The van der Waals surface area contributed by atoms with Gasteiger partial charge in [0.05, 0.1) is 24.3 Å². The molecule has 3 heterocycles. The second-order valence-electron chi connectivity index (χ2n) is 6.67. The largest absolute Gasteiger partial charge is 0.323 e. The van der Waals surface area contributed by atoms with Crippen molar-refractivity contribution in [1.29, 1.82) is 0 Å². The van der Waals surface area contributed by atoms with E-state index < -0.39 is 0 Å². The van der Waals surface area contributed by atoms with Crippen LogP contribution in [0.25, 0.3) is 11.3 Å². The number of fused-ring (bicyclic) bond motifs is 3.